The number of thiophene rings is 1. The Labute approximate surface area is 244 Å². The second kappa shape index (κ2) is 11.1. The topological polar surface area (TPSA) is 71.5 Å². The van der Waals surface area contributed by atoms with Crippen molar-refractivity contribution in [2.45, 2.75) is 62.8 Å². The van der Waals surface area contributed by atoms with Crippen molar-refractivity contribution in [3.8, 4) is 5.75 Å². The molecule has 2 heterocycles. The number of hydrogen-bond donors (Lipinski definition) is 2. The summed E-state index contributed by atoms with van der Waals surface area (Å²) in [4.78, 5) is 17.1. The van der Waals surface area contributed by atoms with Crippen molar-refractivity contribution in [1.29, 1.82) is 0 Å². The maximum atomic E-state index is 12.7. The number of nitrogens with one attached hydrogen (secondary N) is 1. The molecule has 1 unspecified atom stereocenters. The molecule has 0 radical (unpaired) electrons. The number of rotatable bonds is 9. The van der Waals surface area contributed by atoms with Gasteiger partial charge in [0.25, 0.3) is 0 Å². The number of anilines is 1. The highest BCUT2D eigenvalue weighted by atomic mass is 35.5. The summed E-state index contributed by atoms with van der Waals surface area (Å²) in [5.41, 5.74) is 3.56. The van der Waals surface area contributed by atoms with Crippen molar-refractivity contribution in [2.75, 3.05) is 11.9 Å². The van der Waals surface area contributed by atoms with Crippen molar-refractivity contribution in [1.82, 2.24) is 4.98 Å². The van der Waals surface area contributed by atoms with Crippen molar-refractivity contribution in [3.63, 3.8) is 0 Å². The number of aliphatic carboxylic acids is 1. The Balaban J connectivity index is 1.22. The zero-order valence-corrected chi connectivity index (χ0v) is 24.3. The maximum absolute atomic E-state index is 12.7. The highest BCUT2D eigenvalue weighted by Crippen LogP contribution is 2.56. The number of nitrogens with zero attached hydrogens (tertiary/aromatic N) is 1. The van der Waals surface area contributed by atoms with Gasteiger partial charge in [-0.25, -0.2) is 4.79 Å². The minimum Gasteiger partial charge on any atom is -0.492 e. The summed E-state index contributed by atoms with van der Waals surface area (Å²) in [6.45, 7) is 2.92. The Morgan fingerprint density at radius 3 is 2.75 bits per heavy atom. The standard InChI is InChI=1S/C33H35ClN2O3S/c1-2-22(21-39-29-10-16-35-28-11-17-40-30(28)29)18-24-19-23-6-3-4-9-27(23)32(24)12-14-33(15-13-32,31(37)38)36-26-8-5-7-25(34)20-26/h3-11,16-17,20,22,24,36H,2,12-15,18-19,21H2,1H3,(H,37,38)/t22-,24?,32?,33?/m1/s1. The molecule has 1 saturated carbocycles. The van der Waals surface area contributed by atoms with E-state index in [4.69, 9.17) is 16.3 Å². The molecule has 5 nitrogen and oxygen atoms in total. The molecule has 1 fully saturated rings. The second-order valence-electron chi connectivity index (χ2n) is 11.5. The zero-order valence-electron chi connectivity index (χ0n) is 22.7. The first-order valence-corrected chi connectivity index (χ1v) is 15.5. The lowest BCUT2D eigenvalue weighted by atomic mass is 9.59. The molecule has 2 aliphatic carbocycles. The van der Waals surface area contributed by atoms with Crippen LogP contribution in [0.1, 0.15) is 56.6 Å². The molecule has 40 heavy (non-hydrogen) atoms. The number of hydrogen-bond acceptors (Lipinski definition) is 5. The number of ether oxygens (including phenoxy) is 1. The highest BCUT2D eigenvalue weighted by molar-refractivity contribution is 7.17. The summed E-state index contributed by atoms with van der Waals surface area (Å²) in [6, 6.07) is 20.2. The van der Waals surface area contributed by atoms with Gasteiger partial charge in [0.2, 0.25) is 0 Å². The summed E-state index contributed by atoms with van der Waals surface area (Å²) in [5.74, 6) is 0.992. The zero-order chi connectivity index (χ0) is 27.7. The second-order valence-corrected chi connectivity index (χ2v) is 12.9. The molecule has 0 aliphatic heterocycles. The third kappa shape index (κ3) is 4.97. The smallest absolute Gasteiger partial charge is 0.329 e. The van der Waals surface area contributed by atoms with Crippen LogP contribution < -0.4 is 10.1 Å². The largest absolute Gasteiger partial charge is 0.492 e. The average molecular weight is 575 g/mol. The molecule has 2 N–H and O–H groups in total. The summed E-state index contributed by atoms with van der Waals surface area (Å²) < 4.78 is 7.51. The molecule has 2 aromatic heterocycles. The molecule has 0 amide bonds. The van der Waals surface area contributed by atoms with Crippen LogP contribution in [-0.4, -0.2) is 28.2 Å². The Kier molecular flexibility index (Phi) is 7.49. The first-order valence-electron chi connectivity index (χ1n) is 14.2. The van der Waals surface area contributed by atoms with E-state index < -0.39 is 11.5 Å². The van der Waals surface area contributed by atoms with Crippen LogP contribution in [0.2, 0.25) is 5.02 Å². The van der Waals surface area contributed by atoms with E-state index in [-0.39, 0.29) is 5.41 Å². The van der Waals surface area contributed by atoms with E-state index in [1.807, 2.05) is 42.6 Å². The number of benzene rings is 2. The number of carboxylic acid groups (broad SMARTS) is 1. The number of aromatic nitrogens is 1. The van der Waals surface area contributed by atoms with Gasteiger partial charge in [0.1, 0.15) is 11.3 Å². The molecule has 1 spiro atoms. The van der Waals surface area contributed by atoms with Gasteiger partial charge in [-0.2, -0.15) is 0 Å². The third-order valence-corrected chi connectivity index (χ3v) is 10.5. The van der Waals surface area contributed by atoms with E-state index in [9.17, 15) is 9.90 Å². The number of halogens is 1. The van der Waals surface area contributed by atoms with Gasteiger partial charge in [0.05, 0.1) is 16.8 Å². The van der Waals surface area contributed by atoms with Crippen LogP contribution in [0, 0.1) is 11.8 Å². The number of carboxylic acids is 1. The lowest BCUT2D eigenvalue weighted by Gasteiger charge is -2.47. The van der Waals surface area contributed by atoms with Gasteiger partial charge in [-0.1, -0.05) is 55.3 Å². The molecule has 4 aromatic rings. The molecule has 208 valence electrons. The number of fused-ring (bicyclic) bond motifs is 3. The first kappa shape index (κ1) is 27.1. The summed E-state index contributed by atoms with van der Waals surface area (Å²) in [5, 5.41) is 16.4. The van der Waals surface area contributed by atoms with Crippen molar-refractivity contribution in [2.24, 2.45) is 11.8 Å². The Hall–Kier alpha value is -3.09. The number of carbonyl (C=O) groups is 1. The summed E-state index contributed by atoms with van der Waals surface area (Å²) in [6.07, 6.45) is 7.78. The molecule has 0 bridgehead atoms. The fraction of sp³-hybridized carbons (Fsp3) is 0.394. The van der Waals surface area contributed by atoms with Crippen LogP contribution in [0.25, 0.3) is 10.2 Å². The van der Waals surface area contributed by atoms with E-state index in [0.29, 0.717) is 36.3 Å². The van der Waals surface area contributed by atoms with E-state index in [1.165, 1.54) is 11.1 Å². The van der Waals surface area contributed by atoms with Crippen molar-refractivity contribution < 1.29 is 14.6 Å². The minimum absolute atomic E-state index is 0.0172. The predicted octanol–water partition coefficient (Wildman–Crippen LogP) is 8.36. The van der Waals surface area contributed by atoms with Gasteiger partial charge < -0.3 is 15.2 Å². The van der Waals surface area contributed by atoms with E-state index >= 15 is 0 Å². The molecule has 7 heteroatoms. The average Bonchev–Trinajstić information content (AvgIpc) is 3.56. The van der Waals surface area contributed by atoms with E-state index in [1.54, 1.807) is 11.3 Å². The first-order chi connectivity index (χ1) is 19.4. The molecule has 0 saturated heterocycles. The molecular formula is C33H35ClN2O3S. The Morgan fingerprint density at radius 1 is 1.15 bits per heavy atom. The quantitative estimate of drug-likeness (QED) is 0.210. The van der Waals surface area contributed by atoms with Gasteiger partial charge in [-0.15, -0.1) is 11.3 Å². The van der Waals surface area contributed by atoms with Gasteiger partial charge in [-0.3, -0.25) is 4.98 Å². The van der Waals surface area contributed by atoms with Crippen LogP contribution in [0.3, 0.4) is 0 Å². The van der Waals surface area contributed by atoms with Gasteiger partial charge in [0, 0.05) is 16.9 Å². The van der Waals surface area contributed by atoms with E-state index in [0.717, 1.165) is 53.8 Å². The fourth-order valence-electron chi connectivity index (χ4n) is 7.13. The Bertz CT molecular complexity index is 1510. The minimum atomic E-state index is -1.00. The normalized spacial score (nSPS) is 24.6. The summed E-state index contributed by atoms with van der Waals surface area (Å²) >= 11 is 7.88. The highest BCUT2D eigenvalue weighted by Gasteiger charge is 2.54. The molecule has 2 aliphatic rings. The molecular weight excluding hydrogens is 540 g/mol. The van der Waals surface area contributed by atoms with Gasteiger partial charge in [0.15, 0.2) is 0 Å². The fourth-order valence-corrected chi connectivity index (χ4v) is 8.14. The lowest BCUT2D eigenvalue weighted by Crippen LogP contribution is -2.53. The van der Waals surface area contributed by atoms with Crippen LogP contribution in [0.15, 0.2) is 72.2 Å². The molecule has 2 aromatic carbocycles. The monoisotopic (exact) mass is 574 g/mol. The summed E-state index contributed by atoms with van der Waals surface area (Å²) in [7, 11) is 0. The Morgan fingerprint density at radius 2 is 1.98 bits per heavy atom. The van der Waals surface area contributed by atoms with Gasteiger partial charge >= 0.3 is 5.97 Å². The van der Waals surface area contributed by atoms with Crippen LogP contribution in [0.5, 0.6) is 5.75 Å². The van der Waals surface area contributed by atoms with Gasteiger partial charge in [-0.05, 0) is 103 Å². The van der Waals surface area contributed by atoms with Crippen LogP contribution >= 0.6 is 22.9 Å². The van der Waals surface area contributed by atoms with Crippen LogP contribution in [-0.2, 0) is 16.6 Å². The predicted molar refractivity (Wildman–Crippen MR) is 163 cm³/mol. The van der Waals surface area contributed by atoms with Crippen molar-refractivity contribution in [3.05, 3.63) is 88.4 Å². The third-order valence-electron chi connectivity index (χ3n) is 9.39. The van der Waals surface area contributed by atoms with Crippen LogP contribution in [0.4, 0.5) is 5.69 Å². The lowest BCUT2D eigenvalue weighted by molar-refractivity contribution is -0.144. The van der Waals surface area contributed by atoms with E-state index in [2.05, 4.69) is 46.9 Å². The number of pyridine rings is 1. The molecule has 6 rings (SSSR count). The maximum Gasteiger partial charge on any atom is 0.329 e. The molecule has 2 atom stereocenters. The van der Waals surface area contributed by atoms with Crippen molar-refractivity contribution >= 4 is 44.8 Å². The SMILES string of the molecule is CC[C@@H](COc1ccnc2ccsc12)CC1Cc2ccccc2C12CCC(Nc1cccc(Cl)c1)(C(=O)O)CC2.